The van der Waals surface area contributed by atoms with Crippen molar-refractivity contribution in [2.75, 3.05) is 0 Å². The fourth-order valence-corrected chi connectivity index (χ4v) is 4.12. The second-order valence-corrected chi connectivity index (χ2v) is 8.20. The van der Waals surface area contributed by atoms with Gasteiger partial charge >= 0.3 is 0 Å². The predicted molar refractivity (Wildman–Crippen MR) is 128 cm³/mol. The molecule has 3 aromatic rings. The number of halogens is 1. The first-order valence-electron chi connectivity index (χ1n) is 10.7. The summed E-state index contributed by atoms with van der Waals surface area (Å²) in [5.74, 6) is 0.450. The van der Waals surface area contributed by atoms with E-state index in [0.29, 0.717) is 23.5 Å². The van der Waals surface area contributed by atoms with E-state index >= 15 is 0 Å². The number of hydrogen-bond acceptors (Lipinski definition) is 3. The largest absolute Gasteiger partial charge is 0.488 e. The summed E-state index contributed by atoms with van der Waals surface area (Å²) < 4.78 is 19.2. The molecule has 1 aliphatic rings. The second-order valence-electron chi connectivity index (χ2n) is 7.79. The minimum Gasteiger partial charge on any atom is -0.488 e. The van der Waals surface area contributed by atoms with E-state index in [9.17, 15) is 4.39 Å². The number of hydrazone groups is 1. The first-order chi connectivity index (χ1) is 15.2. The summed E-state index contributed by atoms with van der Waals surface area (Å²) in [5, 5.41) is 10.4. The lowest BCUT2D eigenvalue weighted by molar-refractivity contribution is 0.306. The Balaban J connectivity index is 1.48. The predicted octanol–water partition coefficient (Wildman–Crippen LogP) is 5.69. The molecule has 31 heavy (non-hydrogen) atoms. The molecule has 0 atom stereocenters. The Hall–Kier alpha value is -2.99. The SMILES string of the molecule is Fc1ccc(COc2ccc3ccccc3c2C=NNC(=S)NC2CCCCC2)cc1. The lowest BCUT2D eigenvalue weighted by Crippen LogP contribution is -2.40. The zero-order valence-electron chi connectivity index (χ0n) is 17.3. The number of thiocarbonyl (C=S) groups is 1. The van der Waals surface area contributed by atoms with Crippen LogP contribution in [-0.4, -0.2) is 17.4 Å². The average molecular weight is 436 g/mol. The highest BCUT2D eigenvalue weighted by Gasteiger charge is 2.13. The van der Waals surface area contributed by atoms with Gasteiger partial charge in [0.25, 0.3) is 0 Å². The molecule has 0 aliphatic heterocycles. The van der Waals surface area contributed by atoms with E-state index in [4.69, 9.17) is 17.0 Å². The van der Waals surface area contributed by atoms with E-state index in [-0.39, 0.29) is 5.82 Å². The Morgan fingerprint density at radius 1 is 1.03 bits per heavy atom. The zero-order valence-corrected chi connectivity index (χ0v) is 18.1. The van der Waals surface area contributed by atoms with Crippen LogP contribution in [0.5, 0.6) is 5.75 Å². The molecule has 0 saturated heterocycles. The Bertz CT molecular complexity index is 1060. The van der Waals surface area contributed by atoms with Crippen molar-refractivity contribution in [1.29, 1.82) is 0 Å². The molecule has 2 N–H and O–H groups in total. The van der Waals surface area contributed by atoms with Gasteiger partial charge in [-0.2, -0.15) is 5.10 Å². The molecule has 4 nitrogen and oxygen atoms in total. The number of benzene rings is 3. The van der Waals surface area contributed by atoms with Crippen LogP contribution >= 0.6 is 12.2 Å². The van der Waals surface area contributed by atoms with E-state index in [1.165, 1.54) is 31.4 Å². The van der Waals surface area contributed by atoms with Crippen molar-refractivity contribution in [2.24, 2.45) is 5.10 Å². The van der Waals surface area contributed by atoms with Crippen LogP contribution in [0.1, 0.15) is 43.2 Å². The monoisotopic (exact) mass is 435 g/mol. The Morgan fingerprint density at radius 3 is 2.61 bits per heavy atom. The quantitative estimate of drug-likeness (QED) is 0.297. The molecule has 6 heteroatoms. The summed E-state index contributed by atoms with van der Waals surface area (Å²) >= 11 is 5.41. The third-order valence-electron chi connectivity index (χ3n) is 5.54. The molecule has 160 valence electrons. The van der Waals surface area contributed by atoms with Crippen molar-refractivity contribution < 1.29 is 9.13 Å². The van der Waals surface area contributed by atoms with Crippen LogP contribution in [-0.2, 0) is 6.61 Å². The van der Waals surface area contributed by atoms with Crippen LogP contribution in [0.15, 0.2) is 65.8 Å². The second kappa shape index (κ2) is 10.4. The lowest BCUT2D eigenvalue weighted by atomic mass is 9.96. The molecule has 0 bridgehead atoms. The molecule has 0 heterocycles. The van der Waals surface area contributed by atoms with Crippen LogP contribution in [0.3, 0.4) is 0 Å². The highest BCUT2D eigenvalue weighted by Crippen LogP contribution is 2.27. The van der Waals surface area contributed by atoms with Gasteiger partial charge in [0.2, 0.25) is 0 Å². The molecule has 0 amide bonds. The van der Waals surface area contributed by atoms with Crippen LogP contribution in [0.4, 0.5) is 4.39 Å². The molecule has 1 aliphatic carbocycles. The molecule has 1 saturated carbocycles. The summed E-state index contributed by atoms with van der Waals surface area (Å²) in [5.41, 5.74) is 4.71. The van der Waals surface area contributed by atoms with Gasteiger partial charge < -0.3 is 10.1 Å². The van der Waals surface area contributed by atoms with E-state index in [1.807, 2.05) is 30.3 Å². The van der Waals surface area contributed by atoms with Crippen LogP contribution < -0.4 is 15.5 Å². The molecule has 0 spiro atoms. The van der Waals surface area contributed by atoms with Gasteiger partial charge in [-0.3, -0.25) is 5.43 Å². The molecule has 1 fully saturated rings. The van der Waals surface area contributed by atoms with E-state index in [2.05, 4.69) is 21.9 Å². The van der Waals surface area contributed by atoms with Crippen LogP contribution in [0, 0.1) is 5.82 Å². The fourth-order valence-electron chi connectivity index (χ4n) is 3.90. The normalized spacial score (nSPS) is 14.6. The molecule has 3 aromatic carbocycles. The minimum absolute atomic E-state index is 0.258. The maximum Gasteiger partial charge on any atom is 0.187 e. The number of hydrogen-bond donors (Lipinski definition) is 2. The van der Waals surface area contributed by atoms with Gasteiger partial charge in [-0.25, -0.2) is 4.39 Å². The minimum atomic E-state index is -0.258. The topological polar surface area (TPSA) is 45.6 Å². The van der Waals surface area contributed by atoms with Gasteiger partial charge in [-0.1, -0.05) is 61.7 Å². The maximum absolute atomic E-state index is 13.2. The van der Waals surface area contributed by atoms with Gasteiger partial charge in [0.15, 0.2) is 5.11 Å². The van der Waals surface area contributed by atoms with Crippen molar-refractivity contribution in [1.82, 2.24) is 10.7 Å². The molecular formula is C25H26FN3OS. The smallest absolute Gasteiger partial charge is 0.187 e. The van der Waals surface area contributed by atoms with Crippen molar-refractivity contribution in [2.45, 2.75) is 44.8 Å². The zero-order chi connectivity index (χ0) is 21.5. The number of fused-ring (bicyclic) bond motifs is 1. The summed E-state index contributed by atoms with van der Waals surface area (Å²) in [6.07, 6.45) is 7.84. The number of nitrogens with zero attached hydrogens (tertiary/aromatic N) is 1. The molecule has 0 unspecified atom stereocenters. The maximum atomic E-state index is 13.2. The van der Waals surface area contributed by atoms with E-state index in [0.717, 1.165) is 34.7 Å². The molecule has 4 rings (SSSR count). The van der Waals surface area contributed by atoms with Crippen molar-refractivity contribution in [3.8, 4) is 5.75 Å². The van der Waals surface area contributed by atoms with Crippen molar-refractivity contribution in [3.05, 3.63) is 77.6 Å². The fraction of sp³-hybridized carbons (Fsp3) is 0.280. The first kappa shape index (κ1) is 21.2. The third kappa shape index (κ3) is 5.79. The lowest BCUT2D eigenvalue weighted by Gasteiger charge is -2.23. The standard InChI is InChI=1S/C25H26FN3OS/c26-20-13-10-18(11-14-20)17-30-24-15-12-19-6-4-5-9-22(19)23(24)16-27-29-25(31)28-21-7-2-1-3-8-21/h4-6,9-16,21H,1-3,7-8,17H2,(H2,28,29,31). The Kier molecular flexibility index (Phi) is 7.10. The first-order valence-corrected chi connectivity index (χ1v) is 11.1. The van der Waals surface area contributed by atoms with Crippen LogP contribution in [0.2, 0.25) is 0 Å². The van der Waals surface area contributed by atoms with E-state index < -0.39 is 0 Å². The summed E-state index contributed by atoms with van der Waals surface area (Å²) in [6, 6.07) is 18.8. The van der Waals surface area contributed by atoms with Gasteiger partial charge in [-0.15, -0.1) is 0 Å². The number of nitrogens with one attached hydrogen (secondary N) is 2. The Morgan fingerprint density at radius 2 is 1.81 bits per heavy atom. The van der Waals surface area contributed by atoms with Gasteiger partial charge in [0, 0.05) is 11.6 Å². The summed E-state index contributed by atoms with van der Waals surface area (Å²) in [6.45, 7) is 0.342. The Labute approximate surface area is 187 Å². The van der Waals surface area contributed by atoms with Gasteiger partial charge in [0.05, 0.1) is 6.21 Å². The average Bonchev–Trinajstić information content (AvgIpc) is 2.80. The van der Waals surface area contributed by atoms with Gasteiger partial charge in [0.1, 0.15) is 18.2 Å². The molecular weight excluding hydrogens is 409 g/mol. The molecule has 0 radical (unpaired) electrons. The van der Waals surface area contributed by atoms with E-state index in [1.54, 1.807) is 18.3 Å². The third-order valence-corrected chi connectivity index (χ3v) is 5.75. The highest BCUT2D eigenvalue weighted by atomic mass is 32.1. The summed E-state index contributed by atoms with van der Waals surface area (Å²) in [4.78, 5) is 0. The highest BCUT2D eigenvalue weighted by molar-refractivity contribution is 7.80. The summed E-state index contributed by atoms with van der Waals surface area (Å²) in [7, 11) is 0. The van der Waals surface area contributed by atoms with Crippen LogP contribution in [0.25, 0.3) is 10.8 Å². The number of rotatable bonds is 6. The molecule has 0 aromatic heterocycles. The van der Waals surface area contributed by atoms with Gasteiger partial charge in [-0.05, 0) is 59.6 Å². The number of ether oxygens (including phenoxy) is 1. The van der Waals surface area contributed by atoms with Crippen molar-refractivity contribution >= 4 is 34.3 Å². The van der Waals surface area contributed by atoms with Crippen molar-refractivity contribution in [3.63, 3.8) is 0 Å².